The normalized spacial score (nSPS) is 21.8. The molecule has 0 saturated heterocycles. The quantitative estimate of drug-likeness (QED) is 0.912. The Morgan fingerprint density at radius 2 is 2.00 bits per heavy atom. The highest BCUT2D eigenvalue weighted by molar-refractivity contribution is 6.00. The van der Waals surface area contributed by atoms with Crippen molar-refractivity contribution in [2.24, 2.45) is 5.41 Å². The number of allylic oxidation sites excluding steroid dienone is 2. The number of fused-ring (bicyclic) bond motifs is 1. The maximum atomic E-state index is 12.9. The maximum Gasteiger partial charge on any atom is 0.248 e. The van der Waals surface area contributed by atoms with Crippen LogP contribution in [0.2, 0.25) is 0 Å². The molecule has 1 aromatic heterocycles. The van der Waals surface area contributed by atoms with Gasteiger partial charge in [-0.2, -0.15) is 4.68 Å². The van der Waals surface area contributed by atoms with Gasteiger partial charge >= 0.3 is 0 Å². The largest absolute Gasteiger partial charge is 0.497 e. The third-order valence-electron chi connectivity index (χ3n) is 4.63. The number of carbonyl (C=O) groups excluding carboxylic acids is 1. The lowest BCUT2D eigenvalue weighted by atomic mass is 9.73. The number of ether oxygens (including phenoxy) is 1. The van der Waals surface area contributed by atoms with Crippen molar-refractivity contribution < 1.29 is 9.53 Å². The van der Waals surface area contributed by atoms with Crippen LogP contribution in [0.3, 0.4) is 0 Å². The van der Waals surface area contributed by atoms with E-state index in [1.54, 1.807) is 11.8 Å². The van der Waals surface area contributed by atoms with Gasteiger partial charge < -0.3 is 10.1 Å². The molecule has 1 N–H and O–H groups in total. The molecular formula is C17H19N5O2. The van der Waals surface area contributed by atoms with E-state index >= 15 is 0 Å². The van der Waals surface area contributed by atoms with Gasteiger partial charge in [-0.15, -0.1) is 0 Å². The highest BCUT2D eigenvalue weighted by atomic mass is 16.5. The van der Waals surface area contributed by atoms with Crippen molar-refractivity contribution in [3.05, 3.63) is 41.1 Å². The number of ketones is 1. The Morgan fingerprint density at radius 1 is 1.25 bits per heavy atom. The first-order valence-electron chi connectivity index (χ1n) is 7.93. The van der Waals surface area contributed by atoms with Crippen LogP contribution in [-0.4, -0.2) is 33.1 Å². The molecule has 7 nitrogen and oxygen atoms in total. The first kappa shape index (κ1) is 14.9. The van der Waals surface area contributed by atoms with Crippen molar-refractivity contribution in [1.29, 1.82) is 0 Å². The van der Waals surface area contributed by atoms with Crippen LogP contribution >= 0.6 is 0 Å². The zero-order valence-electron chi connectivity index (χ0n) is 13.9. The summed E-state index contributed by atoms with van der Waals surface area (Å²) in [4.78, 5) is 12.9. The molecule has 0 spiro atoms. The second kappa shape index (κ2) is 5.15. The van der Waals surface area contributed by atoms with Gasteiger partial charge in [0.05, 0.1) is 7.11 Å². The maximum absolute atomic E-state index is 12.9. The molecule has 0 amide bonds. The molecule has 2 aromatic rings. The lowest BCUT2D eigenvalue weighted by molar-refractivity contribution is -0.118. The predicted molar refractivity (Wildman–Crippen MR) is 87.6 cm³/mol. The number of Topliss-reactive ketones (excluding diaryl/α,β-unsaturated/α-hetero) is 1. The Kier molecular flexibility index (Phi) is 3.19. The minimum atomic E-state index is -0.305. The van der Waals surface area contributed by atoms with Crippen LogP contribution < -0.4 is 10.1 Å². The van der Waals surface area contributed by atoms with Crippen LogP contribution in [0.15, 0.2) is 35.5 Å². The first-order chi connectivity index (χ1) is 11.5. The second-order valence-electron chi connectivity index (χ2n) is 7.08. The average Bonchev–Trinajstić information content (AvgIpc) is 3.00. The summed E-state index contributed by atoms with van der Waals surface area (Å²) in [5.41, 5.74) is 2.59. The number of hydrogen-bond donors (Lipinski definition) is 1. The lowest BCUT2D eigenvalue weighted by Gasteiger charge is -2.37. The van der Waals surface area contributed by atoms with Crippen LogP contribution in [0, 0.1) is 5.41 Å². The van der Waals surface area contributed by atoms with Crippen molar-refractivity contribution in [2.45, 2.75) is 32.7 Å². The van der Waals surface area contributed by atoms with Crippen LogP contribution in [-0.2, 0) is 4.79 Å². The first-order valence-corrected chi connectivity index (χ1v) is 7.93. The highest BCUT2D eigenvalue weighted by Crippen LogP contribution is 2.45. The topological polar surface area (TPSA) is 81.9 Å². The van der Waals surface area contributed by atoms with Crippen LogP contribution in [0.25, 0.3) is 0 Å². The number of benzene rings is 1. The summed E-state index contributed by atoms with van der Waals surface area (Å²) < 4.78 is 6.91. The zero-order valence-corrected chi connectivity index (χ0v) is 13.9. The number of tetrazole rings is 1. The third-order valence-corrected chi connectivity index (χ3v) is 4.63. The number of anilines is 1. The molecule has 1 aliphatic carbocycles. The molecule has 0 radical (unpaired) electrons. The summed E-state index contributed by atoms with van der Waals surface area (Å²) in [7, 11) is 1.63. The van der Waals surface area contributed by atoms with Crippen LogP contribution in [0.5, 0.6) is 5.75 Å². The standard InChI is InChI=1S/C17H19N5O2/c1-17(2)8-12-14(13(23)9-17)15(22-16(18-12)19-20-21-22)10-4-6-11(24-3)7-5-10/h4-7,15H,8-9H2,1-3H3,(H,18,19,21)/t15-/m1/s1. The molecule has 24 heavy (non-hydrogen) atoms. The Labute approximate surface area is 139 Å². The summed E-state index contributed by atoms with van der Waals surface area (Å²) in [6.45, 7) is 4.21. The highest BCUT2D eigenvalue weighted by Gasteiger charge is 2.41. The fourth-order valence-corrected chi connectivity index (χ4v) is 3.56. The lowest BCUT2D eigenvalue weighted by Crippen LogP contribution is -2.36. The van der Waals surface area contributed by atoms with Gasteiger partial charge in [0.15, 0.2) is 5.78 Å². The molecule has 0 unspecified atom stereocenters. The van der Waals surface area contributed by atoms with Gasteiger partial charge in [0.1, 0.15) is 11.8 Å². The average molecular weight is 325 g/mol. The Morgan fingerprint density at radius 3 is 2.71 bits per heavy atom. The van der Waals surface area contributed by atoms with Gasteiger partial charge in [-0.1, -0.05) is 31.1 Å². The van der Waals surface area contributed by atoms with Gasteiger partial charge in [0, 0.05) is 17.7 Å². The molecule has 1 aliphatic heterocycles. The molecule has 4 rings (SSSR count). The number of carbonyl (C=O) groups is 1. The van der Waals surface area contributed by atoms with E-state index in [1.165, 1.54) is 0 Å². The summed E-state index contributed by atoms with van der Waals surface area (Å²) in [6.07, 6.45) is 1.32. The van der Waals surface area contributed by atoms with E-state index in [4.69, 9.17) is 4.74 Å². The zero-order chi connectivity index (χ0) is 16.9. The monoisotopic (exact) mass is 325 g/mol. The van der Waals surface area contributed by atoms with Crippen molar-refractivity contribution in [3.8, 4) is 5.75 Å². The van der Waals surface area contributed by atoms with Crippen LogP contribution in [0.4, 0.5) is 5.95 Å². The summed E-state index contributed by atoms with van der Waals surface area (Å²) in [6, 6.07) is 7.38. The molecule has 1 atom stereocenters. The minimum absolute atomic E-state index is 0.0665. The van der Waals surface area contributed by atoms with Crippen molar-refractivity contribution >= 4 is 11.7 Å². The minimum Gasteiger partial charge on any atom is -0.497 e. The van der Waals surface area contributed by atoms with E-state index in [0.29, 0.717) is 12.4 Å². The van der Waals surface area contributed by atoms with Gasteiger partial charge in [0.2, 0.25) is 5.95 Å². The second-order valence-corrected chi connectivity index (χ2v) is 7.08. The van der Waals surface area contributed by atoms with E-state index < -0.39 is 0 Å². The molecule has 7 heteroatoms. The SMILES string of the molecule is COc1ccc([C@@H]2C3=C(CC(C)(C)CC3=O)Nc3nnnn32)cc1. The molecule has 2 aliphatic rings. The molecular weight excluding hydrogens is 306 g/mol. The van der Waals surface area contributed by atoms with Crippen molar-refractivity contribution in [2.75, 3.05) is 12.4 Å². The molecule has 1 aromatic carbocycles. The van der Waals surface area contributed by atoms with E-state index in [9.17, 15) is 4.79 Å². The number of hydrogen-bond acceptors (Lipinski definition) is 6. The van der Waals surface area contributed by atoms with E-state index in [0.717, 1.165) is 29.0 Å². The Bertz CT molecular complexity index is 835. The summed E-state index contributed by atoms with van der Waals surface area (Å²) >= 11 is 0. The van der Waals surface area contributed by atoms with E-state index in [1.807, 2.05) is 24.3 Å². The summed E-state index contributed by atoms with van der Waals surface area (Å²) in [5, 5.41) is 15.2. The fraction of sp³-hybridized carbons (Fsp3) is 0.412. The number of methoxy groups -OCH3 is 1. The number of nitrogens with one attached hydrogen (secondary N) is 1. The fourth-order valence-electron chi connectivity index (χ4n) is 3.56. The number of rotatable bonds is 2. The number of nitrogens with zero attached hydrogens (tertiary/aromatic N) is 4. The molecule has 124 valence electrons. The predicted octanol–water partition coefficient (Wildman–Crippen LogP) is 2.34. The molecule has 2 heterocycles. The molecule has 0 saturated carbocycles. The van der Waals surface area contributed by atoms with E-state index in [-0.39, 0.29) is 17.2 Å². The smallest absolute Gasteiger partial charge is 0.248 e. The van der Waals surface area contributed by atoms with Gasteiger partial charge in [-0.3, -0.25) is 4.79 Å². The van der Waals surface area contributed by atoms with E-state index in [2.05, 4.69) is 34.7 Å². The Hall–Kier alpha value is -2.70. The van der Waals surface area contributed by atoms with Crippen molar-refractivity contribution in [1.82, 2.24) is 20.2 Å². The Balaban J connectivity index is 1.86. The summed E-state index contributed by atoms with van der Waals surface area (Å²) in [5.74, 6) is 1.49. The molecule has 0 fully saturated rings. The van der Waals surface area contributed by atoms with Crippen LogP contribution in [0.1, 0.15) is 38.3 Å². The third kappa shape index (κ3) is 2.28. The van der Waals surface area contributed by atoms with Gasteiger partial charge in [-0.25, -0.2) is 0 Å². The van der Waals surface area contributed by atoms with Crippen molar-refractivity contribution in [3.63, 3.8) is 0 Å². The molecule has 0 bridgehead atoms. The number of aromatic nitrogens is 4. The van der Waals surface area contributed by atoms with Gasteiger partial charge in [-0.05, 0) is 40.0 Å². The van der Waals surface area contributed by atoms with Gasteiger partial charge in [0.25, 0.3) is 0 Å².